The first kappa shape index (κ1) is 30.1. The molecule has 1 atom stereocenters. The Morgan fingerprint density at radius 3 is 2.24 bits per heavy atom. The molecule has 1 saturated carbocycles. The lowest BCUT2D eigenvalue weighted by atomic mass is 10.1. The van der Waals surface area contributed by atoms with Gasteiger partial charge in [0, 0.05) is 12.6 Å². The number of para-hydroxylation sites is 2. The molecule has 0 radical (unpaired) electrons. The fourth-order valence-corrected chi connectivity index (χ4v) is 6.56. The van der Waals surface area contributed by atoms with Gasteiger partial charge in [0.05, 0.1) is 17.7 Å². The van der Waals surface area contributed by atoms with Crippen molar-refractivity contribution in [2.75, 3.05) is 18.0 Å². The lowest BCUT2D eigenvalue weighted by Gasteiger charge is -2.33. The number of methoxy groups -OCH3 is 1. The number of ether oxygens (including phenoxy) is 1. The van der Waals surface area contributed by atoms with Crippen LogP contribution in [0.3, 0.4) is 0 Å². The summed E-state index contributed by atoms with van der Waals surface area (Å²) in [5.41, 5.74) is 3.01. The average Bonchev–Trinajstić information content (AvgIpc) is 3.48. The van der Waals surface area contributed by atoms with Crippen molar-refractivity contribution in [2.24, 2.45) is 0 Å². The largest absolute Gasteiger partial charge is 0.495 e. The standard InChI is InChI=1S/C32H39N3O5S/c1-23-17-19-28(20-18-23)41(38,39)35(29-15-9-10-16-30(29)40-4)22-31(36)34(21-26-12-6-5-11-24(26)2)25(3)32(37)33-27-13-7-8-14-27/h5-6,9-12,15-20,25,27H,7-8,13-14,21-22H2,1-4H3,(H,33,37)/t25-/m1/s1. The quantitative estimate of drug-likeness (QED) is 0.347. The molecule has 0 heterocycles. The summed E-state index contributed by atoms with van der Waals surface area (Å²) in [5, 5.41) is 3.09. The minimum Gasteiger partial charge on any atom is -0.495 e. The predicted molar refractivity (Wildman–Crippen MR) is 160 cm³/mol. The van der Waals surface area contributed by atoms with Gasteiger partial charge in [-0.25, -0.2) is 8.42 Å². The summed E-state index contributed by atoms with van der Waals surface area (Å²) in [5.74, 6) is -0.429. The van der Waals surface area contributed by atoms with Crippen molar-refractivity contribution in [1.29, 1.82) is 0 Å². The van der Waals surface area contributed by atoms with E-state index < -0.39 is 28.5 Å². The van der Waals surface area contributed by atoms with Crippen molar-refractivity contribution in [3.05, 3.63) is 89.5 Å². The van der Waals surface area contributed by atoms with Gasteiger partial charge < -0.3 is 15.0 Å². The molecule has 41 heavy (non-hydrogen) atoms. The van der Waals surface area contributed by atoms with Crippen LogP contribution in [0.15, 0.2) is 77.7 Å². The number of hydrogen-bond acceptors (Lipinski definition) is 5. The van der Waals surface area contributed by atoms with Gasteiger partial charge in [-0.15, -0.1) is 0 Å². The highest BCUT2D eigenvalue weighted by Crippen LogP contribution is 2.32. The van der Waals surface area contributed by atoms with Crippen LogP contribution in [-0.2, 0) is 26.2 Å². The Kier molecular flexibility index (Phi) is 9.70. The van der Waals surface area contributed by atoms with Crippen LogP contribution in [0, 0.1) is 13.8 Å². The summed E-state index contributed by atoms with van der Waals surface area (Å²) in [7, 11) is -2.72. The summed E-state index contributed by atoms with van der Waals surface area (Å²) in [6, 6.07) is 20.1. The first-order chi connectivity index (χ1) is 19.6. The fourth-order valence-electron chi connectivity index (χ4n) is 5.13. The van der Waals surface area contributed by atoms with E-state index in [-0.39, 0.29) is 29.1 Å². The highest BCUT2D eigenvalue weighted by molar-refractivity contribution is 7.92. The predicted octanol–water partition coefficient (Wildman–Crippen LogP) is 4.98. The number of nitrogens with zero attached hydrogens (tertiary/aromatic N) is 2. The maximum absolute atomic E-state index is 14.2. The van der Waals surface area contributed by atoms with Crippen LogP contribution in [0.2, 0.25) is 0 Å². The second kappa shape index (κ2) is 13.2. The zero-order valence-corrected chi connectivity index (χ0v) is 25.0. The van der Waals surface area contributed by atoms with E-state index >= 15 is 0 Å². The second-order valence-electron chi connectivity index (χ2n) is 10.6. The number of anilines is 1. The molecule has 0 aliphatic heterocycles. The lowest BCUT2D eigenvalue weighted by Crippen LogP contribution is -2.52. The van der Waals surface area contributed by atoms with E-state index in [1.54, 1.807) is 43.3 Å². The Labute approximate surface area is 243 Å². The molecule has 0 spiro atoms. The molecule has 8 nitrogen and oxygen atoms in total. The number of aryl methyl sites for hydroxylation is 2. The van der Waals surface area contributed by atoms with E-state index in [2.05, 4.69) is 5.32 Å². The van der Waals surface area contributed by atoms with Crippen molar-refractivity contribution < 1.29 is 22.7 Å². The molecule has 0 unspecified atom stereocenters. The third-order valence-electron chi connectivity index (χ3n) is 7.71. The molecular weight excluding hydrogens is 538 g/mol. The number of nitrogens with one attached hydrogen (secondary N) is 1. The molecule has 1 fully saturated rings. The Morgan fingerprint density at radius 2 is 1.59 bits per heavy atom. The average molecular weight is 578 g/mol. The van der Waals surface area contributed by atoms with Crippen LogP contribution < -0.4 is 14.4 Å². The number of carbonyl (C=O) groups is 2. The summed E-state index contributed by atoms with van der Waals surface area (Å²) >= 11 is 0. The van der Waals surface area contributed by atoms with Crippen molar-refractivity contribution in [3.8, 4) is 5.75 Å². The molecule has 0 saturated heterocycles. The molecule has 9 heteroatoms. The SMILES string of the molecule is COc1ccccc1N(CC(=O)N(Cc1ccccc1C)[C@H](C)C(=O)NC1CCCC1)S(=O)(=O)c1ccc(C)cc1. The van der Waals surface area contributed by atoms with Gasteiger partial charge in [-0.2, -0.15) is 0 Å². The summed E-state index contributed by atoms with van der Waals surface area (Å²) in [6.45, 7) is 5.17. The molecule has 3 aromatic carbocycles. The molecule has 1 aliphatic rings. The zero-order chi connectivity index (χ0) is 29.6. The van der Waals surface area contributed by atoms with Crippen molar-refractivity contribution in [1.82, 2.24) is 10.2 Å². The minimum absolute atomic E-state index is 0.0549. The van der Waals surface area contributed by atoms with E-state index in [1.807, 2.05) is 38.1 Å². The minimum atomic E-state index is -4.17. The maximum atomic E-state index is 14.2. The van der Waals surface area contributed by atoms with E-state index in [1.165, 1.54) is 24.1 Å². The third-order valence-corrected chi connectivity index (χ3v) is 9.49. The van der Waals surface area contributed by atoms with Crippen LogP contribution >= 0.6 is 0 Å². The fraction of sp³-hybridized carbons (Fsp3) is 0.375. The normalized spacial score (nSPS) is 14.3. The Hall–Kier alpha value is -3.85. The maximum Gasteiger partial charge on any atom is 0.264 e. The van der Waals surface area contributed by atoms with Crippen LogP contribution in [-0.4, -0.2) is 50.9 Å². The van der Waals surface area contributed by atoms with Crippen LogP contribution in [0.4, 0.5) is 5.69 Å². The van der Waals surface area contributed by atoms with Gasteiger partial charge in [0.25, 0.3) is 10.0 Å². The van der Waals surface area contributed by atoms with Gasteiger partial charge in [-0.3, -0.25) is 13.9 Å². The number of carbonyl (C=O) groups excluding carboxylic acids is 2. The number of sulfonamides is 1. The van der Waals surface area contributed by atoms with Crippen LogP contribution in [0.5, 0.6) is 5.75 Å². The first-order valence-corrected chi connectivity index (χ1v) is 15.4. The Balaban J connectivity index is 1.72. The molecule has 0 aromatic heterocycles. The van der Waals surface area contributed by atoms with Gasteiger partial charge in [0.2, 0.25) is 11.8 Å². The highest BCUT2D eigenvalue weighted by atomic mass is 32.2. The van der Waals surface area contributed by atoms with Crippen LogP contribution in [0.25, 0.3) is 0 Å². The molecule has 3 aromatic rings. The number of hydrogen-bond donors (Lipinski definition) is 1. The first-order valence-electron chi connectivity index (χ1n) is 14.0. The molecule has 1 N–H and O–H groups in total. The van der Waals surface area contributed by atoms with Gasteiger partial charge >= 0.3 is 0 Å². The van der Waals surface area contributed by atoms with E-state index in [9.17, 15) is 18.0 Å². The Bertz CT molecular complexity index is 1470. The highest BCUT2D eigenvalue weighted by Gasteiger charge is 2.34. The van der Waals surface area contributed by atoms with Gasteiger partial charge in [0.15, 0.2) is 0 Å². The molecular formula is C32H39N3O5S. The summed E-state index contributed by atoms with van der Waals surface area (Å²) in [4.78, 5) is 29.1. The number of amides is 2. The second-order valence-corrected chi connectivity index (χ2v) is 12.5. The lowest BCUT2D eigenvalue weighted by molar-refractivity contribution is -0.139. The monoisotopic (exact) mass is 577 g/mol. The van der Waals surface area contributed by atoms with Crippen LogP contribution in [0.1, 0.15) is 49.3 Å². The summed E-state index contributed by atoms with van der Waals surface area (Å²) in [6.07, 6.45) is 3.97. The molecule has 2 amide bonds. The molecule has 218 valence electrons. The van der Waals surface area contributed by atoms with E-state index in [0.29, 0.717) is 5.75 Å². The van der Waals surface area contributed by atoms with Gasteiger partial charge in [-0.1, -0.05) is 66.9 Å². The van der Waals surface area contributed by atoms with E-state index in [0.717, 1.165) is 46.7 Å². The zero-order valence-electron chi connectivity index (χ0n) is 24.2. The molecule has 1 aliphatic carbocycles. The smallest absolute Gasteiger partial charge is 0.264 e. The van der Waals surface area contributed by atoms with Gasteiger partial charge in [-0.05, 0) is 69.0 Å². The van der Waals surface area contributed by atoms with Gasteiger partial charge in [0.1, 0.15) is 18.3 Å². The van der Waals surface area contributed by atoms with Crippen molar-refractivity contribution >= 4 is 27.5 Å². The van der Waals surface area contributed by atoms with Crippen molar-refractivity contribution in [2.45, 2.75) is 70.0 Å². The summed E-state index contributed by atoms with van der Waals surface area (Å²) < 4.78 is 34.6. The Morgan fingerprint density at radius 1 is 0.951 bits per heavy atom. The molecule has 0 bridgehead atoms. The van der Waals surface area contributed by atoms with Crippen molar-refractivity contribution in [3.63, 3.8) is 0 Å². The number of rotatable bonds is 11. The molecule has 4 rings (SSSR count). The third kappa shape index (κ3) is 7.08. The topological polar surface area (TPSA) is 96.0 Å². The number of benzene rings is 3. The van der Waals surface area contributed by atoms with E-state index in [4.69, 9.17) is 4.74 Å².